The smallest absolute Gasteiger partial charge is 0.338 e. The molecule has 0 aliphatic carbocycles. The molecule has 0 saturated heterocycles. The number of benzene rings is 3. The zero-order chi connectivity index (χ0) is 28.1. The van der Waals surface area contributed by atoms with Crippen LogP contribution < -0.4 is 19.6 Å². The summed E-state index contributed by atoms with van der Waals surface area (Å²) in [4.78, 5) is 32.1. The maximum atomic E-state index is 13.8. The van der Waals surface area contributed by atoms with E-state index in [9.17, 15) is 9.59 Å². The quantitative estimate of drug-likeness (QED) is 0.215. The van der Waals surface area contributed by atoms with Crippen LogP contribution in [0.15, 0.2) is 99.9 Å². The highest BCUT2D eigenvalue weighted by Crippen LogP contribution is 2.31. The Balaban J connectivity index is 1.48. The number of carbonyl (C=O) groups excluding carboxylic acids is 1. The molecule has 1 unspecified atom stereocenters. The van der Waals surface area contributed by atoms with Gasteiger partial charge in [0.05, 0.1) is 28.5 Å². The fraction of sp³-hybridized carbons (Fsp3) is 0.194. The van der Waals surface area contributed by atoms with Crippen molar-refractivity contribution in [2.75, 3.05) is 20.3 Å². The molecule has 204 valence electrons. The molecule has 0 bridgehead atoms. The molecule has 0 amide bonds. The van der Waals surface area contributed by atoms with Crippen molar-refractivity contribution in [1.82, 2.24) is 4.57 Å². The summed E-state index contributed by atoms with van der Waals surface area (Å²) in [5.41, 5.74) is 3.20. The monoisotopic (exact) mass is 574 g/mol. The molecule has 4 aromatic rings. The van der Waals surface area contributed by atoms with Crippen LogP contribution in [-0.2, 0) is 20.9 Å². The number of thiazole rings is 1. The summed E-state index contributed by atoms with van der Waals surface area (Å²) in [6.07, 6.45) is 1.82. The van der Waals surface area contributed by atoms with Gasteiger partial charge in [0.1, 0.15) is 19.0 Å². The van der Waals surface area contributed by atoms with Gasteiger partial charge in [-0.05, 0) is 54.0 Å². The molecule has 0 saturated carbocycles. The summed E-state index contributed by atoms with van der Waals surface area (Å²) in [7, 11) is 1.53. The van der Waals surface area contributed by atoms with Gasteiger partial charge in [-0.15, -0.1) is 0 Å². The van der Waals surface area contributed by atoms with Crippen LogP contribution in [0.5, 0.6) is 5.75 Å². The molecule has 7 nitrogen and oxygen atoms in total. The Morgan fingerprint density at radius 2 is 1.75 bits per heavy atom. The van der Waals surface area contributed by atoms with Crippen LogP contribution in [0.4, 0.5) is 0 Å². The van der Waals surface area contributed by atoms with Crippen molar-refractivity contribution in [1.29, 1.82) is 0 Å². The highest BCUT2D eigenvalue weighted by Gasteiger charge is 2.33. The first-order valence-electron chi connectivity index (χ1n) is 12.7. The molecule has 0 fully saturated rings. The number of aromatic nitrogens is 1. The lowest BCUT2D eigenvalue weighted by Gasteiger charge is -2.24. The molecule has 2 heterocycles. The summed E-state index contributed by atoms with van der Waals surface area (Å²) >= 11 is 7.41. The summed E-state index contributed by atoms with van der Waals surface area (Å²) < 4.78 is 18.4. The van der Waals surface area contributed by atoms with Crippen LogP contribution in [0, 0.1) is 0 Å². The molecule has 0 spiro atoms. The number of ether oxygens (including phenoxy) is 3. The van der Waals surface area contributed by atoms with E-state index in [0.717, 1.165) is 22.4 Å². The van der Waals surface area contributed by atoms with Crippen molar-refractivity contribution < 1.29 is 19.0 Å². The Labute approximate surface area is 240 Å². The SMILES string of the molecule is COCCOC(=O)C1=C(C)N=c2sc(=Cc3ccc(OCc4ccccc4)cc3)c(=O)n2C1c1ccc(Cl)cc1. The molecule has 1 aromatic heterocycles. The van der Waals surface area contributed by atoms with Gasteiger partial charge in [0, 0.05) is 12.1 Å². The summed E-state index contributed by atoms with van der Waals surface area (Å²) in [6, 6.07) is 23.9. The lowest BCUT2D eigenvalue weighted by Crippen LogP contribution is -2.40. The van der Waals surface area contributed by atoms with Gasteiger partial charge in [-0.2, -0.15) is 0 Å². The van der Waals surface area contributed by atoms with Crippen LogP contribution in [0.2, 0.25) is 5.02 Å². The Kier molecular flexibility index (Phi) is 8.60. The average Bonchev–Trinajstić information content (AvgIpc) is 3.27. The number of nitrogens with zero attached hydrogens (tertiary/aromatic N) is 2. The van der Waals surface area contributed by atoms with E-state index in [0.29, 0.717) is 32.2 Å². The van der Waals surface area contributed by atoms with E-state index in [2.05, 4.69) is 4.99 Å². The minimum Gasteiger partial charge on any atom is -0.489 e. The van der Waals surface area contributed by atoms with Crippen molar-refractivity contribution in [3.63, 3.8) is 0 Å². The maximum absolute atomic E-state index is 13.8. The Morgan fingerprint density at radius 3 is 2.45 bits per heavy atom. The Bertz CT molecular complexity index is 1710. The van der Waals surface area contributed by atoms with E-state index in [-0.39, 0.29) is 18.8 Å². The van der Waals surface area contributed by atoms with E-state index < -0.39 is 12.0 Å². The van der Waals surface area contributed by atoms with Gasteiger partial charge in [0.15, 0.2) is 4.80 Å². The predicted octanol–water partition coefficient (Wildman–Crippen LogP) is 4.66. The highest BCUT2D eigenvalue weighted by molar-refractivity contribution is 7.07. The van der Waals surface area contributed by atoms with Gasteiger partial charge in [-0.1, -0.05) is 77.5 Å². The molecular weight excluding hydrogens is 548 g/mol. The second-order valence-electron chi connectivity index (χ2n) is 9.11. The number of rotatable bonds is 9. The van der Waals surface area contributed by atoms with Crippen LogP contribution >= 0.6 is 22.9 Å². The molecule has 9 heteroatoms. The predicted molar refractivity (Wildman–Crippen MR) is 155 cm³/mol. The molecule has 5 rings (SSSR count). The van der Waals surface area contributed by atoms with Gasteiger partial charge in [0.25, 0.3) is 5.56 Å². The fourth-order valence-electron chi connectivity index (χ4n) is 4.39. The van der Waals surface area contributed by atoms with E-state index in [1.807, 2.05) is 60.7 Å². The van der Waals surface area contributed by atoms with Gasteiger partial charge in [-0.3, -0.25) is 9.36 Å². The van der Waals surface area contributed by atoms with E-state index in [1.165, 1.54) is 18.4 Å². The van der Waals surface area contributed by atoms with Gasteiger partial charge >= 0.3 is 5.97 Å². The van der Waals surface area contributed by atoms with Gasteiger partial charge < -0.3 is 14.2 Å². The average molecular weight is 575 g/mol. The zero-order valence-electron chi connectivity index (χ0n) is 22.0. The fourth-order valence-corrected chi connectivity index (χ4v) is 5.56. The maximum Gasteiger partial charge on any atom is 0.338 e. The summed E-state index contributed by atoms with van der Waals surface area (Å²) in [5.74, 6) is 0.191. The Morgan fingerprint density at radius 1 is 1.02 bits per heavy atom. The van der Waals surface area contributed by atoms with Crippen LogP contribution in [0.1, 0.15) is 29.7 Å². The summed E-state index contributed by atoms with van der Waals surface area (Å²) in [6.45, 7) is 2.58. The van der Waals surface area contributed by atoms with E-state index in [4.69, 9.17) is 25.8 Å². The molecule has 3 aromatic carbocycles. The first-order valence-corrected chi connectivity index (χ1v) is 13.8. The Hall–Kier alpha value is -3.98. The highest BCUT2D eigenvalue weighted by atomic mass is 35.5. The van der Waals surface area contributed by atoms with E-state index >= 15 is 0 Å². The van der Waals surface area contributed by atoms with Crippen molar-refractivity contribution >= 4 is 35.0 Å². The topological polar surface area (TPSA) is 79.1 Å². The lowest BCUT2D eigenvalue weighted by atomic mass is 9.96. The number of halogens is 1. The molecule has 0 N–H and O–H groups in total. The lowest BCUT2D eigenvalue weighted by molar-refractivity contribution is -0.140. The first-order chi connectivity index (χ1) is 19.4. The minimum absolute atomic E-state index is 0.0922. The normalized spacial score (nSPS) is 15.0. The van der Waals surface area contributed by atoms with Crippen molar-refractivity contribution in [3.05, 3.63) is 132 Å². The zero-order valence-corrected chi connectivity index (χ0v) is 23.6. The number of allylic oxidation sites excluding steroid dienone is 1. The third kappa shape index (κ3) is 6.09. The van der Waals surface area contributed by atoms with E-state index in [1.54, 1.807) is 35.8 Å². The summed E-state index contributed by atoms with van der Waals surface area (Å²) in [5, 5.41) is 0.553. The number of hydrogen-bond donors (Lipinski definition) is 0. The number of carbonyl (C=O) groups is 1. The van der Waals surface area contributed by atoms with Gasteiger partial charge in [0.2, 0.25) is 0 Å². The van der Waals surface area contributed by atoms with Crippen LogP contribution in [-0.4, -0.2) is 30.9 Å². The first kappa shape index (κ1) is 27.6. The number of fused-ring (bicyclic) bond motifs is 1. The molecule has 40 heavy (non-hydrogen) atoms. The van der Waals surface area contributed by atoms with Gasteiger partial charge in [-0.25, -0.2) is 9.79 Å². The third-order valence-corrected chi connectivity index (χ3v) is 7.61. The van der Waals surface area contributed by atoms with Crippen molar-refractivity contribution in [3.8, 4) is 5.75 Å². The van der Waals surface area contributed by atoms with Crippen LogP contribution in [0.3, 0.4) is 0 Å². The number of hydrogen-bond acceptors (Lipinski definition) is 7. The number of esters is 1. The standard InChI is InChI=1S/C31H27ClN2O5S/c1-20-27(30(36)38-17-16-37-2)28(23-10-12-24(32)13-11-23)34-29(35)26(40-31(34)33-20)18-21-8-14-25(15-9-21)39-19-22-6-4-3-5-7-22/h3-15,18,28H,16-17,19H2,1-2H3. The number of methoxy groups -OCH3 is 1. The largest absolute Gasteiger partial charge is 0.489 e. The molecule has 1 aliphatic heterocycles. The molecular formula is C31H27ClN2O5S. The third-order valence-electron chi connectivity index (χ3n) is 6.37. The second-order valence-corrected chi connectivity index (χ2v) is 10.6. The van der Waals surface area contributed by atoms with Crippen molar-refractivity contribution in [2.45, 2.75) is 19.6 Å². The second kappa shape index (κ2) is 12.5. The van der Waals surface area contributed by atoms with Crippen molar-refractivity contribution in [2.24, 2.45) is 4.99 Å². The molecule has 0 radical (unpaired) electrons. The minimum atomic E-state index is -0.709. The van der Waals surface area contributed by atoms with Crippen LogP contribution in [0.25, 0.3) is 6.08 Å². The molecule has 1 atom stereocenters. The molecule has 1 aliphatic rings.